The van der Waals surface area contributed by atoms with Crippen LogP contribution in [0.25, 0.3) is 12.2 Å². The predicted octanol–water partition coefficient (Wildman–Crippen LogP) is 10.2. The standard InChI is InChI=1S/C39H40/c1-6-11-33-27-37(23-21-35(33)25-31-17-13-29(8-3)14-18-31)39(10-5)38-24-22-36(34(28-38)12-7-2)26-32-19-15-30(9-4)16-20-32/h6-9,13-24,27-28,39H,1-4,10-12,25-26H2,5H3. The van der Waals surface area contributed by atoms with E-state index in [0.717, 1.165) is 43.2 Å². The van der Waals surface area contributed by atoms with Gasteiger partial charge in [-0.3, -0.25) is 0 Å². The molecule has 0 nitrogen and oxygen atoms in total. The van der Waals surface area contributed by atoms with Gasteiger partial charge in [0.05, 0.1) is 0 Å². The van der Waals surface area contributed by atoms with Gasteiger partial charge in [-0.2, -0.15) is 0 Å². The zero-order chi connectivity index (χ0) is 27.6. The van der Waals surface area contributed by atoms with Gasteiger partial charge in [0.15, 0.2) is 0 Å². The third kappa shape index (κ3) is 7.03. The van der Waals surface area contributed by atoms with Crippen molar-refractivity contribution in [2.75, 3.05) is 0 Å². The highest BCUT2D eigenvalue weighted by Crippen LogP contribution is 2.32. The largest absolute Gasteiger partial charge is 0.103 e. The maximum Gasteiger partial charge on any atom is 0.00869 e. The lowest BCUT2D eigenvalue weighted by Crippen LogP contribution is -2.05. The van der Waals surface area contributed by atoms with Crippen LogP contribution in [-0.2, 0) is 25.7 Å². The van der Waals surface area contributed by atoms with Crippen LogP contribution < -0.4 is 0 Å². The Balaban J connectivity index is 1.62. The van der Waals surface area contributed by atoms with E-state index >= 15 is 0 Å². The van der Waals surface area contributed by atoms with Crippen molar-refractivity contribution in [2.45, 2.75) is 44.9 Å². The zero-order valence-corrected chi connectivity index (χ0v) is 23.3. The van der Waals surface area contributed by atoms with Crippen LogP contribution in [0.5, 0.6) is 0 Å². The molecule has 0 spiro atoms. The van der Waals surface area contributed by atoms with E-state index < -0.39 is 0 Å². The van der Waals surface area contributed by atoms with Crippen molar-refractivity contribution in [2.24, 2.45) is 0 Å². The fraction of sp³-hybridized carbons (Fsp3) is 0.179. The highest BCUT2D eigenvalue weighted by molar-refractivity contribution is 5.50. The summed E-state index contributed by atoms with van der Waals surface area (Å²) in [4.78, 5) is 0. The molecule has 0 atom stereocenters. The summed E-state index contributed by atoms with van der Waals surface area (Å²) in [5.41, 5.74) is 13.1. The quantitative estimate of drug-likeness (QED) is 0.158. The fourth-order valence-electron chi connectivity index (χ4n) is 5.41. The first-order chi connectivity index (χ1) is 19.1. The average molecular weight is 509 g/mol. The fourth-order valence-corrected chi connectivity index (χ4v) is 5.41. The molecule has 4 aromatic carbocycles. The number of benzene rings is 4. The lowest BCUT2D eigenvalue weighted by Gasteiger charge is -2.21. The van der Waals surface area contributed by atoms with Crippen LogP contribution in [0.1, 0.15) is 74.9 Å². The molecule has 0 heteroatoms. The predicted molar refractivity (Wildman–Crippen MR) is 171 cm³/mol. The van der Waals surface area contributed by atoms with Crippen LogP contribution in [0.3, 0.4) is 0 Å². The van der Waals surface area contributed by atoms with Gasteiger partial charge in [0.1, 0.15) is 0 Å². The van der Waals surface area contributed by atoms with Crippen LogP contribution in [0.15, 0.2) is 123 Å². The molecular formula is C39H40. The van der Waals surface area contributed by atoms with E-state index in [-0.39, 0.29) is 0 Å². The van der Waals surface area contributed by atoms with Crippen molar-refractivity contribution < 1.29 is 0 Å². The van der Waals surface area contributed by atoms with Gasteiger partial charge < -0.3 is 0 Å². The molecule has 0 saturated carbocycles. The molecule has 0 N–H and O–H groups in total. The van der Waals surface area contributed by atoms with Gasteiger partial charge in [-0.05, 0) is 87.7 Å². The van der Waals surface area contributed by atoms with Crippen molar-refractivity contribution in [3.05, 3.63) is 179 Å². The van der Waals surface area contributed by atoms with E-state index in [9.17, 15) is 0 Å². The number of allylic oxidation sites excluding steroid dienone is 2. The normalized spacial score (nSPS) is 10.8. The van der Waals surface area contributed by atoms with Gasteiger partial charge in [0.2, 0.25) is 0 Å². The molecule has 0 aliphatic carbocycles. The molecule has 0 bridgehead atoms. The third-order valence-electron chi connectivity index (χ3n) is 7.62. The monoisotopic (exact) mass is 508 g/mol. The molecule has 0 aromatic heterocycles. The third-order valence-corrected chi connectivity index (χ3v) is 7.62. The topological polar surface area (TPSA) is 0 Å². The first-order valence-electron chi connectivity index (χ1n) is 14.0. The molecule has 0 aliphatic heterocycles. The highest BCUT2D eigenvalue weighted by atomic mass is 14.2. The Hall–Kier alpha value is -4.16. The molecular weight excluding hydrogens is 468 g/mol. The van der Waals surface area contributed by atoms with E-state index in [1.54, 1.807) is 0 Å². The van der Waals surface area contributed by atoms with Crippen molar-refractivity contribution >= 4 is 12.2 Å². The number of hydrogen-bond donors (Lipinski definition) is 0. The van der Waals surface area contributed by atoms with E-state index in [2.05, 4.69) is 118 Å². The van der Waals surface area contributed by atoms with E-state index in [1.165, 1.54) is 44.5 Å². The minimum Gasteiger partial charge on any atom is -0.103 e. The van der Waals surface area contributed by atoms with Crippen molar-refractivity contribution in [3.63, 3.8) is 0 Å². The molecule has 4 aromatic rings. The zero-order valence-electron chi connectivity index (χ0n) is 23.3. The molecule has 196 valence electrons. The summed E-state index contributed by atoms with van der Waals surface area (Å²) < 4.78 is 0. The lowest BCUT2D eigenvalue weighted by molar-refractivity contribution is 0.772. The second-order valence-corrected chi connectivity index (χ2v) is 10.2. The Bertz CT molecular complexity index is 1320. The van der Waals surface area contributed by atoms with Crippen LogP contribution in [0.2, 0.25) is 0 Å². The summed E-state index contributed by atoms with van der Waals surface area (Å²) in [5, 5.41) is 0. The van der Waals surface area contributed by atoms with Gasteiger partial charge >= 0.3 is 0 Å². The van der Waals surface area contributed by atoms with E-state index in [0.29, 0.717) is 5.92 Å². The molecule has 0 fully saturated rings. The summed E-state index contributed by atoms with van der Waals surface area (Å²) in [6, 6.07) is 31.5. The molecule has 0 aliphatic rings. The minimum atomic E-state index is 0.346. The SMILES string of the molecule is C=CCc1cc(C(CC)c2ccc(Cc3ccc(C=C)cc3)c(CC=C)c2)ccc1Cc1ccc(C=C)cc1. The lowest BCUT2D eigenvalue weighted by atomic mass is 9.84. The molecule has 39 heavy (non-hydrogen) atoms. The first-order valence-corrected chi connectivity index (χ1v) is 14.0. The molecule has 0 heterocycles. The summed E-state index contributed by atoms with van der Waals surface area (Å²) in [6.45, 7) is 18.1. The van der Waals surface area contributed by atoms with Crippen molar-refractivity contribution in [1.82, 2.24) is 0 Å². The molecule has 0 radical (unpaired) electrons. The van der Waals surface area contributed by atoms with Crippen LogP contribution in [0.4, 0.5) is 0 Å². The molecule has 0 amide bonds. The summed E-state index contributed by atoms with van der Waals surface area (Å²) in [5.74, 6) is 0.346. The van der Waals surface area contributed by atoms with Gasteiger partial charge in [0, 0.05) is 5.92 Å². The van der Waals surface area contributed by atoms with Crippen molar-refractivity contribution in [3.8, 4) is 0 Å². The Morgan fingerprint density at radius 1 is 0.538 bits per heavy atom. The summed E-state index contributed by atoms with van der Waals surface area (Å²) in [6.07, 6.45) is 12.4. The maximum absolute atomic E-state index is 4.04. The van der Waals surface area contributed by atoms with Crippen LogP contribution in [0, 0.1) is 0 Å². The molecule has 0 unspecified atom stereocenters. The van der Waals surface area contributed by atoms with E-state index in [1.807, 2.05) is 24.3 Å². The summed E-state index contributed by atoms with van der Waals surface area (Å²) in [7, 11) is 0. The second-order valence-electron chi connectivity index (χ2n) is 10.2. The Kier molecular flexibility index (Phi) is 9.70. The van der Waals surface area contributed by atoms with Gasteiger partial charge in [-0.25, -0.2) is 0 Å². The summed E-state index contributed by atoms with van der Waals surface area (Å²) >= 11 is 0. The van der Waals surface area contributed by atoms with Gasteiger partial charge in [-0.15, -0.1) is 13.2 Å². The number of hydrogen-bond acceptors (Lipinski definition) is 0. The Labute approximate surface area is 235 Å². The first kappa shape index (κ1) is 27.9. The molecule has 0 saturated heterocycles. The second kappa shape index (κ2) is 13.6. The van der Waals surface area contributed by atoms with Crippen molar-refractivity contribution in [1.29, 1.82) is 0 Å². The van der Waals surface area contributed by atoms with Gasteiger partial charge in [-0.1, -0.05) is 129 Å². The van der Waals surface area contributed by atoms with Gasteiger partial charge in [0.25, 0.3) is 0 Å². The Morgan fingerprint density at radius 2 is 0.949 bits per heavy atom. The Morgan fingerprint density at radius 3 is 1.28 bits per heavy atom. The maximum atomic E-state index is 4.04. The van der Waals surface area contributed by atoms with Crippen LogP contribution in [-0.4, -0.2) is 0 Å². The van der Waals surface area contributed by atoms with E-state index in [4.69, 9.17) is 0 Å². The highest BCUT2D eigenvalue weighted by Gasteiger charge is 2.16. The molecule has 4 rings (SSSR count). The average Bonchev–Trinajstić information content (AvgIpc) is 2.97. The minimum absolute atomic E-state index is 0.346. The smallest absolute Gasteiger partial charge is 0.00869 e. The van der Waals surface area contributed by atoms with Crippen LogP contribution >= 0.6 is 0 Å². The number of rotatable bonds is 13.